The van der Waals surface area contributed by atoms with Crippen molar-refractivity contribution < 1.29 is 4.79 Å². The maximum Gasteiger partial charge on any atom is 0.219 e. The topological polar surface area (TPSA) is 62.5 Å². The highest BCUT2D eigenvalue weighted by molar-refractivity contribution is 7.15. The average Bonchev–Trinajstić information content (AvgIpc) is 2.66. The maximum absolute atomic E-state index is 11.4. The monoisotopic (exact) mass is 304 g/mol. The lowest BCUT2D eigenvalue weighted by Crippen LogP contribution is -2.59. The average molecular weight is 305 g/mol. The van der Waals surface area contributed by atoms with E-state index >= 15 is 0 Å². The molecular weight excluding hydrogens is 284 g/mol. The van der Waals surface area contributed by atoms with Crippen LogP contribution in [0.3, 0.4) is 0 Å². The van der Waals surface area contributed by atoms with Crippen LogP contribution in [0.15, 0.2) is 6.20 Å². The lowest BCUT2D eigenvalue weighted by atomic mass is 9.98. The first kappa shape index (κ1) is 16.2. The van der Waals surface area contributed by atoms with Gasteiger partial charge in [0.1, 0.15) is 0 Å². The van der Waals surface area contributed by atoms with E-state index in [1.165, 1.54) is 16.2 Å². The Labute approximate surface area is 124 Å². The van der Waals surface area contributed by atoms with E-state index < -0.39 is 0 Å². The molecule has 2 N–H and O–H groups in total. The fraction of sp³-hybridized carbons (Fsp3) is 0.667. The fourth-order valence-electron chi connectivity index (χ4n) is 2.34. The fourth-order valence-corrected chi connectivity index (χ4v) is 3.04. The molecule has 5 nitrogen and oxygen atoms in total. The third-order valence-electron chi connectivity index (χ3n) is 3.44. The zero-order valence-corrected chi connectivity index (χ0v) is 13.2. The molecule has 0 bridgehead atoms. The van der Waals surface area contributed by atoms with Gasteiger partial charge >= 0.3 is 0 Å². The number of carbonyl (C=O) groups is 1. The summed E-state index contributed by atoms with van der Waals surface area (Å²) in [6.45, 7) is 9.30. The molecule has 7 heteroatoms. The minimum Gasteiger partial charge on any atom is -0.375 e. The normalized spacial score (nSPS) is 19.0. The van der Waals surface area contributed by atoms with E-state index in [-0.39, 0.29) is 23.9 Å². The zero-order chi connectivity index (χ0) is 13.3. The Morgan fingerprint density at radius 2 is 2.21 bits per heavy atom. The largest absolute Gasteiger partial charge is 0.375 e. The van der Waals surface area contributed by atoms with Crippen molar-refractivity contribution in [3.63, 3.8) is 0 Å². The van der Waals surface area contributed by atoms with Gasteiger partial charge in [-0.25, -0.2) is 4.98 Å². The third-order valence-corrected chi connectivity index (χ3v) is 4.25. The van der Waals surface area contributed by atoms with Crippen LogP contribution in [0.5, 0.6) is 0 Å². The van der Waals surface area contributed by atoms with Gasteiger partial charge in [0, 0.05) is 49.7 Å². The van der Waals surface area contributed by atoms with Crippen LogP contribution in [0, 0.1) is 0 Å². The Bertz CT molecular complexity index is 449. The van der Waals surface area contributed by atoms with Gasteiger partial charge in [-0.15, -0.1) is 23.7 Å². The third kappa shape index (κ3) is 3.81. The molecule has 1 saturated heterocycles. The molecule has 19 heavy (non-hydrogen) atoms. The number of amides is 1. The van der Waals surface area contributed by atoms with Gasteiger partial charge in [0.15, 0.2) is 5.13 Å². The summed E-state index contributed by atoms with van der Waals surface area (Å²) in [5.74, 6) is 0.157. The molecule has 2 heterocycles. The molecule has 0 atom stereocenters. The predicted octanol–water partition coefficient (Wildman–Crippen LogP) is 1.59. The minimum atomic E-state index is -0.0112. The number of hydrogen-bond acceptors (Lipinski definition) is 5. The first-order chi connectivity index (χ1) is 8.38. The van der Waals surface area contributed by atoms with Crippen LogP contribution in [0.25, 0.3) is 0 Å². The second-order valence-corrected chi connectivity index (χ2v) is 6.49. The maximum atomic E-state index is 11.4. The molecule has 0 unspecified atom stereocenters. The van der Waals surface area contributed by atoms with Crippen molar-refractivity contribution in [1.82, 2.24) is 14.8 Å². The summed E-state index contributed by atoms with van der Waals surface area (Å²) in [4.78, 5) is 21.0. The summed E-state index contributed by atoms with van der Waals surface area (Å²) in [6.07, 6.45) is 1.84. The van der Waals surface area contributed by atoms with Crippen LogP contribution in [0.4, 0.5) is 5.13 Å². The first-order valence-electron chi connectivity index (χ1n) is 6.09. The van der Waals surface area contributed by atoms with E-state index in [0.717, 1.165) is 26.2 Å². The molecular formula is C12H21ClN4OS. The van der Waals surface area contributed by atoms with Crippen LogP contribution >= 0.6 is 23.7 Å². The molecule has 108 valence electrons. The van der Waals surface area contributed by atoms with Crippen LogP contribution in [-0.4, -0.2) is 45.9 Å². The van der Waals surface area contributed by atoms with Crippen molar-refractivity contribution in [2.75, 3.05) is 25.4 Å². The van der Waals surface area contributed by atoms with Crippen molar-refractivity contribution in [2.45, 2.75) is 32.9 Å². The summed E-state index contributed by atoms with van der Waals surface area (Å²) in [6, 6.07) is 0. The first-order valence-corrected chi connectivity index (χ1v) is 6.91. The van der Waals surface area contributed by atoms with E-state index in [2.05, 4.69) is 23.7 Å². The molecule has 2 rings (SSSR count). The van der Waals surface area contributed by atoms with Crippen LogP contribution in [0.1, 0.15) is 25.6 Å². The smallest absolute Gasteiger partial charge is 0.219 e. The number of nitrogens with two attached hydrogens (primary N) is 1. The number of anilines is 1. The molecule has 1 aliphatic heterocycles. The SMILES string of the molecule is CC(=O)N1CCN(Cc2cnc(N)s2)C(C)(C)C1.Cl. The summed E-state index contributed by atoms with van der Waals surface area (Å²) in [5.41, 5.74) is 5.64. The highest BCUT2D eigenvalue weighted by Gasteiger charge is 2.34. The Morgan fingerprint density at radius 3 is 2.68 bits per heavy atom. The van der Waals surface area contributed by atoms with Crippen LogP contribution < -0.4 is 5.73 Å². The Balaban J connectivity index is 0.00000180. The van der Waals surface area contributed by atoms with Crippen molar-refractivity contribution in [2.24, 2.45) is 0 Å². The molecule has 0 aromatic carbocycles. The number of halogens is 1. The Morgan fingerprint density at radius 1 is 1.53 bits per heavy atom. The number of rotatable bonds is 2. The second-order valence-electron chi connectivity index (χ2n) is 5.34. The highest BCUT2D eigenvalue weighted by atomic mass is 35.5. The minimum absolute atomic E-state index is 0. The van der Waals surface area contributed by atoms with Gasteiger partial charge in [0.2, 0.25) is 5.91 Å². The van der Waals surface area contributed by atoms with Crippen molar-refractivity contribution >= 4 is 34.8 Å². The number of carbonyl (C=O) groups excluding carboxylic acids is 1. The molecule has 0 aliphatic carbocycles. The van der Waals surface area contributed by atoms with E-state index in [0.29, 0.717) is 5.13 Å². The van der Waals surface area contributed by atoms with Gasteiger partial charge < -0.3 is 10.6 Å². The van der Waals surface area contributed by atoms with Crippen LogP contribution in [0.2, 0.25) is 0 Å². The lowest BCUT2D eigenvalue weighted by molar-refractivity contribution is -0.134. The Hall–Kier alpha value is -0.850. The lowest BCUT2D eigenvalue weighted by Gasteiger charge is -2.46. The number of nitrogen functional groups attached to an aromatic ring is 1. The number of aromatic nitrogens is 1. The number of piperazine rings is 1. The highest BCUT2D eigenvalue weighted by Crippen LogP contribution is 2.25. The van der Waals surface area contributed by atoms with Crippen molar-refractivity contribution in [3.8, 4) is 0 Å². The summed E-state index contributed by atoms with van der Waals surface area (Å²) in [5, 5.41) is 0.616. The Kier molecular flexibility index (Phi) is 5.18. The van der Waals surface area contributed by atoms with E-state index in [1.807, 2.05) is 11.1 Å². The number of hydrogen-bond donors (Lipinski definition) is 1. The van der Waals surface area contributed by atoms with E-state index in [9.17, 15) is 4.79 Å². The molecule has 1 aromatic heterocycles. The van der Waals surface area contributed by atoms with Gasteiger partial charge in [-0.1, -0.05) is 0 Å². The molecule has 0 spiro atoms. The summed E-state index contributed by atoms with van der Waals surface area (Å²) < 4.78 is 0. The summed E-state index contributed by atoms with van der Waals surface area (Å²) in [7, 11) is 0. The predicted molar refractivity (Wildman–Crippen MR) is 80.5 cm³/mol. The molecule has 1 amide bonds. The quantitative estimate of drug-likeness (QED) is 0.901. The number of thiazole rings is 1. The van der Waals surface area contributed by atoms with Gasteiger partial charge in [0.05, 0.1) is 0 Å². The van der Waals surface area contributed by atoms with Gasteiger partial charge in [-0.2, -0.15) is 0 Å². The van der Waals surface area contributed by atoms with Crippen LogP contribution in [-0.2, 0) is 11.3 Å². The summed E-state index contributed by atoms with van der Waals surface area (Å²) >= 11 is 1.53. The molecule has 0 radical (unpaired) electrons. The van der Waals surface area contributed by atoms with Crippen molar-refractivity contribution in [3.05, 3.63) is 11.1 Å². The van der Waals surface area contributed by atoms with E-state index in [1.54, 1.807) is 6.92 Å². The van der Waals surface area contributed by atoms with Crippen molar-refractivity contribution in [1.29, 1.82) is 0 Å². The second kappa shape index (κ2) is 6.07. The number of nitrogens with zero attached hydrogens (tertiary/aromatic N) is 3. The zero-order valence-electron chi connectivity index (χ0n) is 11.5. The van der Waals surface area contributed by atoms with Gasteiger partial charge in [-0.3, -0.25) is 9.69 Å². The standard InChI is InChI=1S/C12H20N4OS.ClH/c1-9(17)15-4-5-16(12(2,3)8-15)7-10-6-14-11(13)18-10;/h6H,4-5,7-8H2,1-3H3,(H2,13,14);1H. The molecule has 1 fully saturated rings. The molecule has 1 aromatic rings. The molecule has 1 aliphatic rings. The van der Waals surface area contributed by atoms with Gasteiger partial charge in [-0.05, 0) is 13.8 Å². The van der Waals surface area contributed by atoms with Gasteiger partial charge in [0.25, 0.3) is 0 Å². The molecule has 0 saturated carbocycles. The van der Waals surface area contributed by atoms with E-state index in [4.69, 9.17) is 5.73 Å².